The summed E-state index contributed by atoms with van der Waals surface area (Å²) in [5, 5.41) is 7.67. The van der Waals surface area contributed by atoms with Gasteiger partial charge in [0.15, 0.2) is 5.82 Å². The summed E-state index contributed by atoms with van der Waals surface area (Å²) in [7, 11) is 0. The first kappa shape index (κ1) is 13.1. The van der Waals surface area contributed by atoms with Gasteiger partial charge < -0.3 is 9.84 Å². The summed E-state index contributed by atoms with van der Waals surface area (Å²) in [4.78, 5) is 4.61. The van der Waals surface area contributed by atoms with Crippen LogP contribution in [0.1, 0.15) is 64.1 Å². The summed E-state index contributed by atoms with van der Waals surface area (Å²) < 4.78 is 5.40. The molecule has 0 radical (unpaired) electrons. The van der Waals surface area contributed by atoms with Gasteiger partial charge in [-0.1, -0.05) is 11.6 Å². The zero-order valence-electron chi connectivity index (χ0n) is 12.3. The Kier molecular flexibility index (Phi) is 3.37. The van der Waals surface area contributed by atoms with E-state index in [4.69, 9.17) is 4.52 Å². The highest BCUT2D eigenvalue weighted by atomic mass is 16.5. The number of aromatic nitrogens is 2. The zero-order valence-corrected chi connectivity index (χ0v) is 12.3. The van der Waals surface area contributed by atoms with Crippen molar-refractivity contribution in [2.24, 2.45) is 11.8 Å². The Balaban J connectivity index is 1.55. The van der Waals surface area contributed by atoms with Crippen LogP contribution < -0.4 is 5.32 Å². The SMILES string of the molecule is CC(C)(C)NCCc1nc(C2CC3CCC2C3)no1. The molecule has 1 aromatic heterocycles. The lowest BCUT2D eigenvalue weighted by Gasteiger charge is -2.19. The van der Waals surface area contributed by atoms with Crippen LogP contribution in [0.3, 0.4) is 0 Å². The van der Waals surface area contributed by atoms with Crippen molar-refractivity contribution in [2.45, 2.75) is 64.3 Å². The molecule has 2 bridgehead atoms. The van der Waals surface area contributed by atoms with Gasteiger partial charge in [-0.3, -0.25) is 0 Å². The van der Waals surface area contributed by atoms with E-state index >= 15 is 0 Å². The quantitative estimate of drug-likeness (QED) is 0.907. The predicted molar refractivity (Wildman–Crippen MR) is 73.9 cm³/mol. The van der Waals surface area contributed by atoms with E-state index in [1.807, 2.05) is 0 Å². The van der Waals surface area contributed by atoms with Gasteiger partial charge in [0.05, 0.1) is 0 Å². The van der Waals surface area contributed by atoms with Gasteiger partial charge in [-0.25, -0.2) is 0 Å². The van der Waals surface area contributed by atoms with Crippen molar-refractivity contribution in [1.29, 1.82) is 0 Å². The molecule has 2 saturated carbocycles. The fourth-order valence-corrected chi connectivity index (χ4v) is 3.63. The van der Waals surface area contributed by atoms with Gasteiger partial charge in [-0.2, -0.15) is 4.98 Å². The molecule has 3 unspecified atom stereocenters. The van der Waals surface area contributed by atoms with E-state index in [1.165, 1.54) is 25.7 Å². The number of nitrogens with zero attached hydrogens (tertiary/aromatic N) is 2. The standard InChI is InChI=1S/C15H25N3O/c1-15(2,3)16-7-6-13-17-14(18-19-13)12-9-10-4-5-11(12)8-10/h10-12,16H,4-9H2,1-3H3. The van der Waals surface area contributed by atoms with Crippen molar-refractivity contribution < 1.29 is 4.52 Å². The largest absolute Gasteiger partial charge is 0.339 e. The number of nitrogens with one attached hydrogen (secondary N) is 1. The third-order valence-electron chi connectivity index (χ3n) is 4.55. The van der Waals surface area contributed by atoms with Crippen molar-refractivity contribution in [3.8, 4) is 0 Å². The fraction of sp³-hybridized carbons (Fsp3) is 0.867. The summed E-state index contributed by atoms with van der Waals surface area (Å²) in [5.41, 5.74) is 0.146. The molecule has 0 aliphatic heterocycles. The molecule has 3 atom stereocenters. The third-order valence-corrected chi connectivity index (χ3v) is 4.55. The Morgan fingerprint density at radius 2 is 2.11 bits per heavy atom. The minimum Gasteiger partial charge on any atom is -0.339 e. The van der Waals surface area contributed by atoms with Crippen LogP contribution in [-0.4, -0.2) is 22.2 Å². The lowest BCUT2D eigenvalue weighted by atomic mass is 9.88. The van der Waals surface area contributed by atoms with Gasteiger partial charge in [0, 0.05) is 24.4 Å². The smallest absolute Gasteiger partial charge is 0.227 e. The molecule has 1 aromatic rings. The van der Waals surface area contributed by atoms with E-state index in [-0.39, 0.29) is 5.54 Å². The van der Waals surface area contributed by atoms with Gasteiger partial charge in [0.2, 0.25) is 5.89 Å². The maximum Gasteiger partial charge on any atom is 0.227 e. The van der Waals surface area contributed by atoms with Crippen LogP contribution in [0.4, 0.5) is 0 Å². The summed E-state index contributed by atoms with van der Waals surface area (Å²) in [6.45, 7) is 7.40. The number of hydrogen-bond acceptors (Lipinski definition) is 4. The highest BCUT2D eigenvalue weighted by molar-refractivity contribution is 5.06. The molecule has 1 N–H and O–H groups in total. The highest BCUT2D eigenvalue weighted by Gasteiger charge is 2.42. The Morgan fingerprint density at radius 1 is 1.26 bits per heavy atom. The van der Waals surface area contributed by atoms with Crippen LogP contribution in [0.5, 0.6) is 0 Å². The predicted octanol–water partition coefficient (Wildman–Crippen LogP) is 2.90. The Morgan fingerprint density at radius 3 is 2.74 bits per heavy atom. The molecule has 0 amide bonds. The lowest BCUT2D eigenvalue weighted by molar-refractivity contribution is 0.344. The van der Waals surface area contributed by atoms with Crippen molar-refractivity contribution in [3.05, 3.63) is 11.7 Å². The average Bonchev–Trinajstić information content (AvgIpc) is 3.02. The summed E-state index contributed by atoms with van der Waals surface area (Å²) in [5.74, 6) is 4.09. The van der Waals surface area contributed by atoms with Gasteiger partial charge in [-0.15, -0.1) is 0 Å². The van der Waals surface area contributed by atoms with E-state index in [0.717, 1.165) is 36.5 Å². The Hall–Kier alpha value is -0.900. The molecule has 2 aliphatic rings. The average molecular weight is 263 g/mol. The molecule has 4 heteroatoms. The van der Waals surface area contributed by atoms with Crippen molar-refractivity contribution in [2.75, 3.05) is 6.54 Å². The number of hydrogen-bond donors (Lipinski definition) is 1. The molecule has 4 nitrogen and oxygen atoms in total. The summed E-state index contributed by atoms with van der Waals surface area (Å²) in [6, 6.07) is 0. The summed E-state index contributed by atoms with van der Waals surface area (Å²) >= 11 is 0. The Labute approximate surface area is 115 Å². The van der Waals surface area contributed by atoms with Crippen LogP contribution in [0.25, 0.3) is 0 Å². The van der Waals surface area contributed by atoms with E-state index in [2.05, 4.69) is 36.2 Å². The van der Waals surface area contributed by atoms with E-state index in [9.17, 15) is 0 Å². The molecule has 0 spiro atoms. The van der Waals surface area contributed by atoms with Crippen LogP contribution in [-0.2, 0) is 6.42 Å². The van der Waals surface area contributed by atoms with E-state index in [1.54, 1.807) is 0 Å². The van der Waals surface area contributed by atoms with Crippen LogP contribution >= 0.6 is 0 Å². The molecule has 19 heavy (non-hydrogen) atoms. The zero-order chi connectivity index (χ0) is 13.5. The second-order valence-electron chi connectivity index (χ2n) is 7.25. The van der Waals surface area contributed by atoms with Crippen molar-refractivity contribution >= 4 is 0 Å². The normalized spacial score (nSPS) is 30.2. The van der Waals surface area contributed by atoms with Gasteiger partial charge in [0.25, 0.3) is 0 Å². The maximum atomic E-state index is 5.40. The minimum absolute atomic E-state index is 0.146. The second-order valence-corrected chi connectivity index (χ2v) is 7.25. The number of rotatable bonds is 4. The molecule has 0 saturated heterocycles. The van der Waals surface area contributed by atoms with Gasteiger partial charge in [-0.05, 0) is 51.9 Å². The number of fused-ring (bicyclic) bond motifs is 2. The molecular weight excluding hydrogens is 238 g/mol. The van der Waals surface area contributed by atoms with E-state index < -0.39 is 0 Å². The first-order valence-electron chi connectivity index (χ1n) is 7.59. The molecule has 106 valence electrons. The minimum atomic E-state index is 0.146. The summed E-state index contributed by atoms with van der Waals surface area (Å²) in [6.07, 6.45) is 6.28. The molecule has 0 aromatic carbocycles. The van der Waals surface area contributed by atoms with Gasteiger partial charge in [0.1, 0.15) is 0 Å². The molecule has 2 fully saturated rings. The molecule has 1 heterocycles. The molecule has 2 aliphatic carbocycles. The topological polar surface area (TPSA) is 51.0 Å². The first-order chi connectivity index (χ1) is 9.01. The molecular formula is C15H25N3O. The Bertz CT molecular complexity index is 435. The fourth-order valence-electron chi connectivity index (χ4n) is 3.63. The monoisotopic (exact) mass is 263 g/mol. The van der Waals surface area contributed by atoms with Crippen molar-refractivity contribution in [3.63, 3.8) is 0 Å². The molecule has 3 rings (SSSR count). The first-order valence-corrected chi connectivity index (χ1v) is 7.59. The maximum absolute atomic E-state index is 5.40. The van der Waals surface area contributed by atoms with Gasteiger partial charge >= 0.3 is 0 Å². The van der Waals surface area contributed by atoms with Crippen LogP contribution in [0.2, 0.25) is 0 Å². The second kappa shape index (κ2) is 4.89. The highest BCUT2D eigenvalue weighted by Crippen LogP contribution is 2.52. The lowest BCUT2D eigenvalue weighted by Crippen LogP contribution is -2.37. The van der Waals surface area contributed by atoms with Crippen LogP contribution in [0.15, 0.2) is 4.52 Å². The van der Waals surface area contributed by atoms with Crippen LogP contribution in [0, 0.1) is 11.8 Å². The van der Waals surface area contributed by atoms with Crippen molar-refractivity contribution in [1.82, 2.24) is 15.5 Å². The third kappa shape index (κ3) is 2.99. The van der Waals surface area contributed by atoms with E-state index in [0.29, 0.717) is 5.92 Å².